The zero-order chi connectivity index (χ0) is 26.0. The maximum absolute atomic E-state index is 14.1. The van der Waals surface area contributed by atoms with Crippen LogP contribution in [0.5, 0.6) is 0 Å². The molecule has 0 unspecified atom stereocenters. The van der Waals surface area contributed by atoms with Crippen LogP contribution in [0, 0.1) is 11.8 Å². The molecule has 36 heavy (non-hydrogen) atoms. The number of rotatable bonds is 5. The van der Waals surface area contributed by atoms with Crippen LogP contribution in [0.2, 0.25) is 50.4 Å². The lowest BCUT2D eigenvalue weighted by Gasteiger charge is -2.46. The number of hydrogen-bond donors (Lipinski definition) is 0. The number of amides is 3. The second kappa shape index (κ2) is 8.66. The van der Waals surface area contributed by atoms with E-state index in [9.17, 15) is 14.4 Å². The highest BCUT2D eigenvalue weighted by atomic mass is 28.3. The fraction of sp³-hybridized carbons (Fsp3) is 0.414. The minimum Gasteiger partial charge on any atom is -0.331 e. The second-order valence-electron chi connectivity index (χ2n) is 12.7. The molecule has 3 amide bonds. The van der Waals surface area contributed by atoms with E-state index < -0.39 is 22.1 Å². The number of anilines is 1. The Hall–Kier alpha value is -2.78. The van der Waals surface area contributed by atoms with Crippen LogP contribution in [0.1, 0.15) is 5.56 Å². The van der Waals surface area contributed by atoms with Gasteiger partial charge in [0.15, 0.2) is 0 Å². The van der Waals surface area contributed by atoms with Gasteiger partial charge in [-0.05, 0) is 34.4 Å². The number of carbonyl (C=O) groups is 3. The first-order chi connectivity index (χ1) is 16.9. The van der Waals surface area contributed by atoms with Gasteiger partial charge in [-0.25, -0.2) is 0 Å². The summed E-state index contributed by atoms with van der Waals surface area (Å²) in [6, 6.07) is 19.4. The van der Waals surface area contributed by atoms with Crippen molar-refractivity contribution in [3.05, 3.63) is 77.4 Å². The Morgan fingerprint density at radius 1 is 0.722 bits per heavy atom. The molecule has 1 fully saturated rings. The topological polar surface area (TPSA) is 57.7 Å². The van der Waals surface area contributed by atoms with Crippen molar-refractivity contribution in [1.82, 2.24) is 4.90 Å². The SMILES string of the molecule is C[Si](C)(C)[C@@H]1C2=C(C(=O)N(Cc3ccccc3)C2)[C@H]([Si](C)(C)C)[C@@H]2C(=O)N(c3ccccc3)C(=O)[C@@H]21. The van der Waals surface area contributed by atoms with Gasteiger partial charge in [0.25, 0.3) is 0 Å². The number of imide groups is 1. The van der Waals surface area contributed by atoms with Crippen LogP contribution in [-0.4, -0.2) is 45.3 Å². The van der Waals surface area contributed by atoms with Gasteiger partial charge in [-0.3, -0.25) is 19.3 Å². The van der Waals surface area contributed by atoms with Crippen LogP contribution in [0.3, 0.4) is 0 Å². The molecule has 2 aromatic rings. The summed E-state index contributed by atoms with van der Waals surface area (Å²) in [5.41, 5.74) is 3.57. The largest absolute Gasteiger partial charge is 0.331 e. The molecule has 188 valence electrons. The van der Waals surface area contributed by atoms with E-state index in [1.54, 1.807) is 0 Å². The molecule has 0 saturated carbocycles. The van der Waals surface area contributed by atoms with Crippen molar-refractivity contribution in [3.63, 3.8) is 0 Å². The smallest absolute Gasteiger partial charge is 0.250 e. The lowest BCUT2D eigenvalue weighted by atomic mass is 9.76. The zero-order valence-electron chi connectivity index (χ0n) is 22.1. The predicted molar refractivity (Wildman–Crippen MR) is 149 cm³/mol. The van der Waals surface area contributed by atoms with Crippen LogP contribution >= 0.6 is 0 Å². The second-order valence-corrected chi connectivity index (χ2v) is 23.4. The third-order valence-electron chi connectivity index (χ3n) is 8.12. The van der Waals surface area contributed by atoms with E-state index in [4.69, 9.17) is 0 Å². The summed E-state index contributed by atoms with van der Waals surface area (Å²) in [5, 5.41) is 0. The van der Waals surface area contributed by atoms with E-state index in [2.05, 4.69) is 51.4 Å². The number of fused-ring (bicyclic) bond motifs is 1. The summed E-state index contributed by atoms with van der Waals surface area (Å²) in [4.78, 5) is 45.8. The molecule has 2 heterocycles. The Labute approximate surface area is 216 Å². The monoisotopic (exact) mass is 516 g/mol. The molecule has 0 bridgehead atoms. The molecule has 1 aliphatic carbocycles. The van der Waals surface area contributed by atoms with Gasteiger partial charge in [-0.1, -0.05) is 87.8 Å². The van der Waals surface area contributed by atoms with Gasteiger partial charge in [0.1, 0.15) is 0 Å². The standard InChI is InChI=1S/C29H36N2O3Si2/c1-35(2,3)25-21-18-30(17-19-13-9-7-10-14-19)27(32)22(21)26(36(4,5)6)24-23(25)28(33)31(29(24)34)20-15-11-8-12-16-20/h7-16,23-26H,17-18H2,1-6H3/t23-,24+,25+,26-/m0/s1. The number of nitrogens with zero attached hydrogens (tertiary/aromatic N) is 2. The van der Waals surface area contributed by atoms with Crippen LogP contribution in [-0.2, 0) is 20.9 Å². The van der Waals surface area contributed by atoms with Gasteiger partial charge in [-0.2, -0.15) is 0 Å². The van der Waals surface area contributed by atoms with Gasteiger partial charge in [0.05, 0.1) is 33.7 Å². The van der Waals surface area contributed by atoms with Crippen molar-refractivity contribution in [2.75, 3.05) is 11.4 Å². The highest BCUT2D eigenvalue weighted by Crippen LogP contribution is 2.61. The molecule has 4 atom stereocenters. The number of para-hydroxylation sites is 1. The molecular weight excluding hydrogens is 481 g/mol. The van der Waals surface area contributed by atoms with Crippen molar-refractivity contribution in [3.8, 4) is 0 Å². The average Bonchev–Trinajstić information content (AvgIpc) is 3.25. The first-order valence-electron chi connectivity index (χ1n) is 12.9. The number of hydrogen-bond acceptors (Lipinski definition) is 3. The maximum Gasteiger partial charge on any atom is 0.250 e. The normalized spacial score (nSPS) is 26.6. The van der Waals surface area contributed by atoms with Gasteiger partial charge >= 0.3 is 0 Å². The summed E-state index contributed by atoms with van der Waals surface area (Å²) < 4.78 is 0. The molecule has 2 aliphatic heterocycles. The van der Waals surface area contributed by atoms with Crippen LogP contribution in [0.25, 0.3) is 0 Å². The van der Waals surface area contributed by atoms with Gasteiger partial charge in [-0.15, -0.1) is 0 Å². The molecule has 5 nitrogen and oxygen atoms in total. The molecule has 1 saturated heterocycles. The Kier molecular flexibility index (Phi) is 5.99. The van der Waals surface area contributed by atoms with Gasteiger partial charge in [0, 0.05) is 18.7 Å². The molecule has 0 N–H and O–H groups in total. The van der Waals surface area contributed by atoms with E-state index in [0.717, 1.165) is 16.7 Å². The van der Waals surface area contributed by atoms with Crippen LogP contribution in [0.15, 0.2) is 71.8 Å². The summed E-state index contributed by atoms with van der Waals surface area (Å²) in [5.74, 6) is -0.966. The minimum atomic E-state index is -2.07. The highest BCUT2D eigenvalue weighted by molar-refractivity contribution is 6.80. The molecule has 5 rings (SSSR count). The third kappa shape index (κ3) is 3.93. The Balaban J connectivity index is 1.64. The summed E-state index contributed by atoms with van der Waals surface area (Å²) in [6.45, 7) is 14.7. The number of benzene rings is 2. The molecule has 2 aromatic carbocycles. The van der Waals surface area contributed by atoms with E-state index in [1.807, 2.05) is 53.4 Å². The summed E-state index contributed by atoms with van der Waals surface area (Å²) in [7, 11) is -4.06. The van der Waals surface area contributed by atoms with Crippen molar-refractivity contribution < 1.29 is 14.4 Å². The molecule has 0 radical (unpaired) electrons. The quantitative estimate of drug-likeness (QED) is 0.386. The molecule has 7 heteroatoms. The Morgan fingerprint density at radius 3 is 1.75 bits per heavy atom. The minimum absolute atomic E-state index is 0.0278. The van der Waals surface area contributed by atoms with E-state index in [-0.39, 0.29) is 34.7 Å². The highest BCUT2D eigenvalue weighted by Gasteiger charge is 2.64. The van der Waals surface area contributed by atoms with Crippen LogP contribution < -0.4 is 4.90 Å². The van der Waals surface area contributed by atoms with Gasteiger partial charge < -0.3 is 4.90 Å². The zero-order valence-corrected chi connectivity index (χ0v) is 24.1. The van der Waals surface area contributed by atoms with Crippen molar-refractivity contribution in [2.24, 2.45) is 11.8 Å². The first kappa shape index (κ1) is 24.9. The molecule has 3 aliphatic rings. The van der Waals surface area contributed by atoms with Crippen molar-refractivity contribution >= 4 is 39.6 Å². The average molecular weight is 517 g/mol. The predicted octanol–water partition coefficient (Wildman–Crippen LogP) is 5.56. The van der Waals surface area contributed by atoms with Crippen molar-refractivity contribution in [1.29, 1.82) is 0 Å². The fourth-order valence-electron chi connectivity index (χ4n) is 6.88. The Bertz CT molecular complexity index is 1240. The maximum atomic E-state index is 14.1. The number of carbonyl (C=O) groups excluding carboxylic acids is 3. The first-order valence-corrected chi connectivity index (χ1v) is 20.1. The summed E-state index contributed by atoms with van der Waals surface area (Å²) >= 11 is 0. The molecule has 0 spiro atoms. The van der Waals surface area contributed by atoms with E-state index in [1.165, 1.54) is 4.90 Å². The fourth-order valence-corrected chi connectivity index (χ4v) is 12.2. The van der Waals surface area contributed by atoms with Crippen LogP contribution in [0.4, 0.5) is 5.69 Å². The lowest BCUT2D eigenvalue weighted by Crippen LogP contribution is -2.49. The summed E-state index contributed by atoms with van der Waals surface area (Å²) in [6.07, 6.45) is 0. The molecule has 0 aromatic heterocycles. The van der Waals surface area contributed by atoms with E-state index >= 15 is 0 Å². The van der Waals surface area contributed by atoms with Gasteiger partial charge in [0.2, 0.25) is 17.7 Å². The third-order valence-corrected chi connectivity index (χ3v) is 13.2. The van der Waals surface area contributed by atoms with E-state index in [0.29, 0.717) is 18.8 Å². The molecular formula is C29H36N2O3Si2. The van der Waals surface area contributed by atoms with Crippen molar-refractivity contribution in [2.45, 2.75) is 56.9 Å². The lowest BCUT2D eigenvalue weighted by molar-refractivity contribution is -0.126. The Morgan fingerprint density at radius 2 is 1.22 bits per heavy atom.